The van der Waals surface area contributed by atoms with Crippen LogP contribution in [0.3, 0.4) is 0 Å². The third-order valence-electron chi connectivity index (χ3n) is 1.68. The van der Waals surface area contributed by atoms with Crippen LogP contribution < -0.4 is 5.48 Å². The molecule has 1 atom stereocenters. The van der Waals surface area contributed by atoms with E-state index < -0.39 is 29.9 Å². The Morgan fingerprint density at radius 2 is 1.76 bits per heavy atom. The topological polar surface area (TPSA) is 94.1 Å². The lowest BCUT2D eigenvalue weighted by Crippen LogP contribution is -2.48. The smallest absolute Gasteiger partial charge is 0.431 e. The summed E-state index contributed by atoms with van der Waals surface area (Å²) >= 11 is 0. The molecule has 0 bridgehead atoms. The lowest BCUT2D eigenvalue weighted by Gasteiger charge is -2.25. The Balaban J connectivity index is 4.34. The molecule has 100 valence electrons. The number of aliphatic hydroxyl groups excluding tert-OH is 1. The summed E-state index contributed by atoms with van der Waals surface area (Å²) in [4.78, 5) is 27.3. The summed E-state index contributed by atoms with van der Waals surface area (Å²) in [7, 11) is 1.15. The summed E-state index contributed by atoms with van der Waals surface area (Å²) in [6.45, 7) is 5.67. The Kier molecular flexibility index (Phi) is 5.37. The molecule has 0 heterocycles. The van der Waals surface area contributed by atoms with Gasteiger partial charge in [0.05, 0.1) is 13.7 Å². The van der Waals surface area contributed by atoms with Gasteiger partial charge in [-0.3, -0.25) is 4.84 Å². The molecule has 1 unspecified atom stereocenters. The maximum atomic E-state index is 11.3. The molecule has 0 radical (unpaired) electrons. The van der Waals surface area contributed by atoms with Crippen LogP contribution in [0, 0.1) is 0 Å². The number of carbonyl (C=O) groups is 2. The first-order valence-electron chi connectivity index (χ1n) is 5.01. The van der Waals surface area contributed by atoms with Crippen molar-refractivity contribution in [1.29, 1.82) is 0 Å². The van der Waals surface area contributed by atoms with Crippen LogP contribution in [0.1, 0.15) is 27.7 Å². The van der Waals surface area contributed by atoms with Gasteiger partial charge in [-0.15, -0.1) is 0 Å². The minimum Gasteiger partial charge on any atom is -0.467 e. The highest BCUT2D eigenvalue weighted by molar-refractivity contribution is 5.79. The standard InChI is InChI=1S/C10H19NO6/c1-9(2,3)16-8(14)11-17-10(4,6-12)7(13)15-5/h12H,6H2,1-5H3,(H,11,14). The van der Waals surface area contributed by atoms with Crippen molar-refractivity contribution >= 4 is 12.1 Å². The Hall–Kier alpha value is -1.34. The molecule has 0 fully saturated rings. The molecule has 0 rings (SSSR count). The second-order valence-corrected chi connectivity index (χ2v) is 4.59. The summed E-state index contributed by atoms with van der Waals surface area (Å²) in [5.74, 6) is -0.809. The van der Waals surface area contributed by atoms with E-state index >= 15 is 0 Å². The zero-order chi connectivity index (χ0) is 13.7. The highest BCUT2D eigenvalue weighted by Gasteiger charge is 2.37. The van der Waals surface area contributed by atoms with E-state index in [0.29, 0.717) is 0 Å². The molecule has 0 saturated carbocycles. The summed E-state index contributed by atoms with van der Waals surface area (Å²) in [5, 5.41) is 9.01. The van der Waals surface area contributed by atoms with Crippen molar-refractivity contribution in [3.05, 3.63) is 0 Å². The molecule has 17 heavy (non-hydrogen) atoms. The number of nitrogens with one attached hydrogen (secondary N) is 1. The molecule has 1 amide bonds. The zero-order valence-electron chi connectivity index (χ0n) is 10.7. The summed E-state index contributed by atoms with van der Waals surface area (Å²) in [6.07, 6.45) is -0.860. The normalized spacial score (nSPS) is 14.7. The van der Waals surface area contributed by atoms with Gasteiger partial charge in [0.2, 0.25) is 5.60 Å². The van der Waals surface area contributed by atoms with Gasteiger partial charge in [-0.2, -0.15) is 5.48 Å². The molecule has 0 aromatic carbocycles. The number of amides is 1. The predicted molar refractivity (Wildman–Crippen MR) is 58.0 cm³/mol. The first kappa shape index (κ1) is 15.7. The van der Waals surface area contributed by atoms with Gasteiger partial charge < -0.3 is 14.6 Å². The molecule has 0 aliphatic carbocycles. The number of aliphatic hydroxyl groups is 1. The van der Waals surface area contributed by atoms with E-state index in [0.717, 1.165) is 7.11 Å². The number of hydroxylamine groups is 1. The molecule has 0 spiro atoms. The minimum absolute atomic E-state index is 0.643. The summed E-state index contributed by atoms with van der Waals surface area (Å²) in [5.41, 5.74) is -0.423. The summed E-state index contributed by atoms with van der Waals surface area (Å²) < 4.78 is 9.31. The fourth-order valence-electron chi connectivity index (χ4n) is 0.808. The van der Waals surface area contributed by atoms with Gasteiger partial charge in [-0.25, -0.2) is 9.59 Å². The Morgan fingerprint density at radius 3 is 2.12 bits per heavy atom. The van der Waals surface area contributed by atoms with E-state index in [2.05, 4.69) is 4.74 Å². The summed E-state index contributed by atoms with van der Waals surface area (Å²) in [6, 6.07) is 0. The lowest BCUT2D eigenvalue weighted by molar-refractivity contribution is -0.182. The van der Waals surface area contributed by atoms with Crippen LogP contribution in [-0.2, 0) is 19.1 Å². The molecule has 7 heteroatoms. The van der Waals surface area contributed by atoms with Crippen molar-refractivity contribution < 1.29 is 29.0 Å². The van der Waals surface area contributed by atoms with E-state index in [9.17, 15) is 9.59 Å². The molecule has 0 aromatic rings. The van der Waals surface area contributed by atoms with Crippen LogP contribution in [0.2, 0.25) is 0 Å². The number of esters is 1. The van der Waals surface area contributed by atoms with Gasteiger partial charge in [-0.05, 0) is 27.7 Å². The second kappa shape index (κ2) is 5.83. The number of rotatable bonds is 4. The fourth-order valence-corrected chi connectivity index (χ4v) is 0.808. The molecule has 2 N–H and O–H groups in total. The van der Waals surface area contributed by atoms with Crippen LogP contribution in [0.25, 0.3) is 0 Å². The number of hydrogen-bond donors (Lipinski definition) is 2. The average molecular weight is 249 g/mol. The van der Waals surface area contributed by atoms with Crippen molar-refractivity contribution in [2.45, 2.75) is 38.9 Å². The predicted octanol–water partition coefficient (Wildman–Crippen LogP) is 0.367. The number of hydrogen-bond acceptors (Lipinski definition) is 6. The Morgan fingerprint density at radius 1 is 1.24 bits per heavy atom. The van der Waals surface area contributed by atoms with Gasteiger partial charge in [0.25, 0.3) is 0 Å². The van der Waals surface area contributed by atoms with Gasteiger partial charge in [0.15, 0.2) is 0 Å². The first-order valence-corrected chi connectivity index (χ1v) is 5.01. The van der Waals surface area contributed by atoms with E-state index in [4.69, 9.17) is 14.7 Å². The molecular formula is C10H19NO6. The van der Waals surface area contributed by atoms with Crippen molar-refractivity contribution in [2.75, 3.05) is 13.7 Å². The monoisotopic (exact) mass is 249 g/mol. The van der Waals surface area contributed by atoms with E-state index in [-0.39, 0.29) is 0 Å². The lowest BCUT2D eigenvalue weighted by atomic mass is 10.1. The molecule has 0 aromatic heterocycles. The van der Waals surface area contributed by atoms with Crippen molar-refractivity contribution in [3.8, 4) is 0 Å². The van der Waals surface area contributed by atoms with Crippen LogP contribution in [-0.4, -0.2) is 42.1 Å². The van der Waals surface area contributed by atoms with Gasteiger partial charge in [0, 0.05) is 0 Å². The fraction of sp³-hybridized carbons (Fsp3) is 0.800. The number of carbonyl (C=O) groups excluding carboxylic acids is 2. The van der Waals surface area contributed by atoms with E-state index in [1.54, 1.807) is 20.8 Å². The second-order valence-electron chi connectivity index (χ2n) is 4.59. The third kappa shape index (κ3) is 5.50. The molecule has 0 aliphatic heterocycles. The first-order chi connectivity index (χ1) is 7.64. The van der Waals surface area contributed by atoms with E-state index in [1.807, 2.05) is 5.48 Å². The SMILES string of the molecule is COC(=O)C(C)(CO)ONC(=O)OC(C)(C)C. The Labute approximate surface area is 100.0 Å². The number of methoxy groups -OCH3 is 1. The van der Waals surface area contributed by atoms with Crippen molar-refractivity contribution in [3.63, 3.8) is 0 Å². The van der Waals surface area contributed by atoms with Crippen LogP contribution in [0.5, 0.6) is 0 Å². The molecule has 0 saturated heterocycles. The minimum atomic E-state index is -1.66. The van der Waals surface area contributed by atoms with Crippen LogP contribution >= 0.6 is 0 Å². The maximum Gasteiger partial charge on any atom is 0.431 e. The highest BCUT2D eigenvalue weighted by atomic mass is 16.7. The Bertz CT molecular complexity index is 285. The van der Waals surface area contributed by atoms with Gasteiger partial charge in [0.1, 0.15) is 5.60 Å². The third-order valence-corrected chi connectivity index (χ3v) is 1.68. The number of ether oxygens (including phenoxy) is 2. The largest absolute Gasteiger partial charge is 0.467 e. The van der Waals surface area contributed by atoms with Crippen LogP contribution in [0.15, 0.2) is 0 Å². The quantitative estimate of drug-likeness (QED) is 0.552. The van der Waals surface area contributed by atoms with Gasteiger partial charge in [-0.1, -0.05) is 0 Å². The van der Waals surface area contributed by atoms with Crippen molar-refractivity contribution in [1.82, 2.24) is 5.48 Å². The highest BCUT2D eigenvalue weighted by Crippen LogP contribution is 2.11. The van der Waals surface area contributed by atoms with Crippen LogP contribution in [0.4, 0.5) is 4.79 Å². The molecular weight excluding hydrogens is 230 g/mol. The molecule has 7 nitrogen and oxygen atoms in total. The van der Waals surface area contributed by atoms with Gasteiger partial charge >= 0.3 is 12.1 Å². The van der Waals surface area contributed by atoms with Crippen molar-refractivity contribution in [2.24, 2.45) is 0 Å². The molecule has 0 aliphatic rings. The maximum absolute atomic E-state index is 11.3. The average Bonchev–Trinajstić information content (AvgIpc) is 2.22. The zero-order valence-corrected chi connectivity index (χ0v) is 10.7. The van der Waals surface area contributed by atoms with E-state index in [1.165, 1.54) is 6.92 Å².